The maximum Gasteiger partial charge on any atom is 0.241 e. The number of hydrogen-bond acceptors (Lipinski definition) is 5. The molecule has 1 aliphatic carbocycles. The van der Waals surface area contributed by atoms with Crippen molar-refractivity contribution < 1.29 is 9.59 Å². The standard InChI is InChI=1S/C18H13BrClN3O2S2/c19-14-6-5-13(27-14)12-9-26-17(22-12)23-16(25)18(7-8-18)15(24)21-11-4-2-1-3-10(11)20/h1-6,9H,7-8H2,(H,21,24)(H,22,23,25). The summed E-state index contributed by atoms with van der Waals surface area (Å²) >= 11 is 12.4. The smallest absolute Gasteiger partial charge is 0.241 e. The number of carbonyl (C=O) groups is 2. The molecule has 2 aromatic heterocycles. The minimum atomic E-state index is -1.06. The lowest BCUT2D eigenvalue weighted by Crippen LogP contribution is -2.35. The zero-order valence-corrected chi connectivity index (χ0v) is 17.8. The van der Waals surface area contributed by atoms with Crippen molar-refractivity contribution in [1.29, 1.82) is 0 Å². The predicted molar refractivity (Wildman–Crippen MR) is 114 cm³/mol. The predicted octanol–water partition coefficient (Wildman–Crippen LogP) is 5.64. The van der Waals surface area contributed by atoms with Crippen LogP contribution in [0.5, 0.6) is 0 Å². The lowest BCUT2D eigenvalue weighted by Gasteiger charge is -2.15. The molecule has 27 heavy (non-hydrogen) atoms. The molecule has 5 nitrogen and oxygen atoms in total. The zero-order valence-electron chi connectivity index (χ0n) is 13.8. The van der Waals surface area contributed by atoms with E-state index in [9.17, 15) is 9.59 Å². The van der Waals surface area contributed by atoms with E-state index < -0.39 is 5.41 Å². The minimum Gasteiger partial charge on any atom is -0.324 e. The lowest BCUT2D eigenvalue weighted by molar-refractivity contribution is -0.131. The van der Waals surface area contributed by atoms with Crippen molar-refractivity contribution in [2.75, 3.05) is 10.6 Å². The summed E-state index contributed by atoms with van der Waals surface area (Å²) in [6.45, 7) is 0. The van der Waals surface area contributed by atoms with Crippen LogP contribution < -0.4 is 10.6 Å². The van der Waals surface area contributed by atoms with Crippen molar-refractivity contribution in [2.45, 2.75) is 12.8 Å². The van der Waals surface area contributed by atoms with Gasteiger partial charge < -0.3 is 10.6 Å². The quantitative estimate of drug-likeness (QED) is 0.462. The number of benzene rings is 1. The molecule has 0 bridgehead atoms. The number of anilines is 2. The Kier molecular flexibility index (Phi) is 5.07. The summed E-state index contributed by atoms with van der Waals surface area (Å²) in [7, 11) is 0. The molecule has 0 spiro atoms. The second-order valence-electron chi connectivity index (χ2n) is 6.11. The molecule has 0 unspecified atom stereocenters. The molecular formula is C18H13BrClN3O2S2. The molecule has 2 N–H and O–H groups in total. The molecule has 2 amide bonds. The third-order valence-corrected chi connectivity index (χ3v) is 7.03. The first-order valence-electron chi connectivity index (χ1n) is 8.07. The van der Waals surface area contributed by atoms with Gasteiger partial charge in [-0.15, -0.1) is 22.7 Å². The molecule has 3 aromatic rings. The minimum absolute atomic E-state index is 0.333. The average Bonchev–Trinajstić information content (AvgIpc) is 3.16. The van der Waals surface area contributed by atoms with Gasteiger partial charge in [0.2, 0.25) is 11.8 Å². The van der Waals surface area contributed by atoms with Crippen molar-refractivity contribution in [3.63, 3.8) is 0 Å². The maximum atomic E-state index is 12.7. The number of amides is 2. The number of halogens is 2. The van der Waals surface area contributed by atoms with E-state index in [1.54, 1.807) is 35.6 Å². The third-order valence-electron chi connectivity index (χ3n) is 4.29. The van der Waals surface area contributed by atoms with Gasteiger partial charge in [0.15, 0.2) is 5.13 Å². The van der Waals surface area contributed by atoms with Gasteiger partial charge in [-0.2, -0.15) is 0 Å². The number of rotatable bonds is 5. The average molecular weight is 483 g/mol. The van der Waals surface area contributed by atoms with Crippen LogP contribution in [0.3, 0.4) is 0 Å². The largest absolute Gasteiger partial charge is 0.324 e. The zero-order chi connectivity index (χ0) is 19.0. The fraction of sp³-hybridized carbons (Fsp3) is 0.167. The molecule has 9 heteroatoms. The van der Waals surface area contributed by atoms with Gasteiger partial charge in [-0.1, -0.05) is 23.7 Å². The normalized spacial score (nSPS) is 14.6. The Balaban J connectivity index is 1.45. The molecule has 0 radical (unpaired) electrons. The molecule has 1 aromatic carbocycles. The van der Waals surface area contributed by atoms with Gasteiger partial charge in [0.25, 0.3) is 0 Å². The van der Waals surface area contributed by atoms with Crippen LogP contribution in [-0.4, -0.2) is 16.8 Å². The van der Waals surface area contributed by atoms with Crippen LogP contribution in [0, 0.1) is 5.41 Å². The van der Waals surface area contributed by atoms with Gasteiger partial charge in [-0.3, -0.25) is 9.59 Å². The first-order chi connectivity index (χ1) is 13.0. The number of thiophene rings is 1. The summed E-state index contributed by atoms with van der Waals surface area (Å²) in [6.07, 6.45) is 1.01. The molecule has 0 atom stereocenters. The fourth-order valence-corrected chi connectivity index (χ4v) is 4.91. The summed E-state index contributed by atoms with van der Waals surface area (Å²) in [5, 5.41) is 8.36. The summed E-state index contributed by atoms with van der Waals surface area (Å²) in [4.78, 5) is 30.8. The summed E-state index contributed by atoms with van der Waals surface area (Å²) in [5.74, 6) is -0.674. The number of nitrogens with one attached hydrogen (secondary N) is 2. The molecule has 1 saturated carbocycles. The first-order valence-corrected chi connectivity index (χ1v) is 10.9. The van der Waals surface area contributed by atoms with E-state index in [0.29, 0.717) is 28.7 Å². The van der Waals surface area contributed by atoms with Crippen molar-refractivity contribution in [2.24, 2.45) is 5.41 Å². The van der Waals surface area contributed by atoms with E-state index >= 15 is 0 Å². The number of hydrogen-bond donors (Lipinski definition) is 2. The number of aromatic nitrogens is 1. The van der Waals surface area contributed by atoms with Gasteiger partial charge in [0, 0.05) is 5.38 Å². The number of thiazole rings is 1. The van der Waals surface area contributed by atoms with Crippen molar-refractivity contribution in [3.05, 3.63) is 50.6 Å². The van der Waals surface area contributed by atoms with E-state index in [1.165, 1.54) is 11.3 Å². The van der Waals surface area contributed by atoms with Crippen LogP contribution in [0.4, 0.5) is 10.8 Å². The Morgan fingerprint density at radius 1 is 1.11 bits per heavy atom. The highest BCUT2D eigenvalue weighted by Gasteiger charge is 2.56. The first kappa shape index (κ1) is 18.6. The van der Waals surface area contributed by atoms with Gasteiger partial charge in [0.05, 0.1) is 25.1 Å². The SMILES string of the molecule is O=C(Nc1nc(-c2ccc(Br)s2)cs1)C1(C(=O)Nc2ccccc2Cl)CC1. The Hall–Kier alpha value is -1.74. The van der Waals surface area contributed by atoms with Gasteiger partial charge in [0.1, 0.15) is 5.41 Å². The van der Waals surface area contributed by atoms with E-state index in [4.69, 9.17) is 11.6 Å². The van der Waals surface area contributed by atoms with Crippen LogP contribution in [0.2, 0.25) is 5.02 Å². The highest BCUT2D eigenvalue weighted by Crippen LogP contribution is 2.48. The molecule has 1 fully saturated rings. The Morgan fingerprint density at radius 2 is 1.85 bits per heavy atom. The molecule has 0 aliphatic heterocycles. The van der Waals surface area contributed by atoms with Gasteiger partial charge in [-0.25, -0.2) is 4.98 Å². The van der Waals surface area contributed by atoms with Gasteiger partial charge in [-0.05, 0) is 53.0 Å². The topological polar surface area (TPSA) is 71.1 Å². The number of nitrogens with zero attached hydrogens (tertiary/aromatic N) is 1. The molecule has 2 heterocycles. The fourth-order valence-electron chi connectivity index (χ4n) is 2.60. The molecule has 138 valence electrons. The molecule has 0 saturated heterocycles. The molecule has 4 rings (SSSR count). The summed E-state index contributed by atoms with van der Waals surface area (Å²) in [6, 6.07) is 10.9. The Morgan fingerprint density at radius 3 is 2.52 bits per heavy atom. The van der Waals surface area contributed by atoms with E-state index in [2.05, 4.69) is 31.5 Å². The van der Waals surface area contributed by atoms with Crippen molar-refractivity contribution in [1.82, 2.24) is 4.98 Å². The van der Waals surface area contributed by atoms with E-state index in [1.807, 2.05) is 17.5 Å². The van der Waals surface area contributed by atoms with Crippen molar-refractivity contribution >= 4 is 72.8 Å². The highest BCUT2D eigenvalue weighted by atomic mass is 79.9. The van der Waals surface area contributed by atoms with Crippen LogP contribution in [0.1, 0.15) is 12.8 Å². The number of carbonyl (C=O) groups excluding carboxylic acids is 2. The Labute approximate surface area is 176 Å². The van der Waals surface area contributed by atoms with Gasteiger partial charge >= 0.3 is 0 Å². The molecule has 1 aliphatic rings. The summed E-state index contributed by atoms with van der Waals surface area (Å²) in [5.41, 5.74) is 0.246. The maximum absolute atomic E-state index is 12.7. The van der Waals surface area contributed by atoms with Crippen LogP contribution in [0.15, 0.2) is 45.6 Å². The van der Waals surface area contributed by atoms with Crippen molar-refractivity contribution in [3.8, 4) is 10.6 Å². The summed E-state index contributed by atoms with van der Waals surface area (Å²) < 4.78 is 1.02. The monoisotopic (exact) mass is 481 g/mol. The highest BCUT2D eigenvalue weighted by molar-refractivity contribution is 9.11. The second kappa shape index (κ2) is 7.35. The van der Waals surface area contributed by atoms with E-state index in [-0.39, 0.29) is 11.8 Å². The molecular weight excluding hydrogens is 470 g/mol. The Bertz CT molecular complexity index is 1030. The third kappa shape index (κ3) is 3.80. The lowest BCUT2D eigenvalue weighted by atomic mass is 10.1. The van der Waals surface area contributed by atoms with Crippen LogP contribution in [0.25, 0.3) is 10.6 Å². The second-order valence-corrected chi connectivity index (χ2v) is 9.84. The van der Waals surface area contributed by atoms with E-state index in [0.717, 1.165) is 14.4 Å². The van der Waals surface area contributed by atoms with Crippen LogP contribution in [-0.2, 0) is 9.59 Å². The van der Waals surface area contributed by atoms with Crippen LogP contribution >= 0.6 is 50.2 Å². The number of para-hydroxylation sites is 1.